The summed E-state index contributed by atoms with van der Waals surface area (Å²) in [6.07, 6.45) is 3.32. The lowest BCUT2D eigenvalue weighted by atomic mass is 10.2. The third-order valence-corrected chi connectivity index (χ3v) is 4.03. The van der Waals surface area contributed by atoms with Gasteiger partial charge in [-0.05, 0) is 18.2 Å². The van der Waals surface area contributed by atoms with Gasteiger partial charge in [-0.3, -0.25) is 0 Å². The molecule has 0 saturated heterocycles. The van der Waals surface area contributed by atoms with Crippen molar-refractivity contribution in [2.24, 2.45) is 0 Å². The van der Waals surface area contributed by atoms with Crippen molar-refractivity contribution in [1.29, 1.82) is 0 Å². The zero-order valence-electron chi connectivity index (χ0n) is 13.6. The first-order chi connectivity index (χ1) is 13.1. The van der Waals surface area contributed by atoms with Gasteiger partial charge in [0.25, 0.3) is 5.89 Å². The molecule has 3 aromatic heterocycles. The first kappa shape index (κ1) is 17.3. The molecule has 138 valence electrons. The van der Waals surface area contributed by atoms with Crippen LogP contribution in [0.15, 0.2) is 41.2 Å². The standard InChI is InChI=1S/C17H12ClFN4O4/c18-10-7-14(26-5-4-24)11(19)6-9(10)15-21-17(27-22-15)12-8-23-3-1-2-13(25)16(23)20-12/h1-3,6-8,24-25H,4-5H2. The predicted octanol–water partition coefficient (Wildman–Crippen LogP) is 2.92. The average Bonchev–Trinajstić information content (AvgIpc) is 3.29. The van der Waals surface area contributed by atoms with Crippen molar-refractivity contribution in [2.75, 3.05) is 13.2 Å². The van der Waals surface area contributed by atoms with Gasteiger partial charge in [-0.1, -0.05) is 16.8 Å². The summed E-state index contributed by atoms with van der Waals surface area (Å²) in [4.78, 5) is 8.45. The molecule has 1 aromatic carbocycles. The largest absolute Gasteiger partial charge is 0.504 e. The van der Waals surface area contributed by atoms with Gasteiger partial charge >= 0.3 is 0 Å². The lowest BCUT2D eigenvalue weighted by Gasteiger charge is -2.07. The molecule has 0 spiro atoms. The summed E-state index contributed by atoms with van der Waals surface area (Å²) >= 11 is 6.17. The molecule has 4 aromatic rings. The smallest absolute Gasteiger partial charge is 0.278 e. The third kappa shape index (κ3) is 3.18. The number of pyridine rings is 1. The Morgan fingerprint density at radius 3 is 2.93 bits per heavy atom. The summed E-state index contributed by atoms with van der Waals surface area (Å²) in [5.41, 5.74) is 0.892. The fourth-order valence-corrected chi connectivity index (χ4v) is 2.74. The fourth-order valence-electron chi connectivity index (χ4n) is 2.50. The van der Waals surface area contributed by atoms with Gasteiger partial charge in [-0.15, -0.1) is 0 Å². The Labute approximate surface area is 156 Å². The molecule has 0 unspecified atom stereocenters. The van der Waals surface area contributed by atoms with Crippen molar-refractivity contribution in [1.82, 2.24) is 19.5 Å². The van der Waals surface area contributed by atoms with Crippen LogP contribution in [-0.4, -0.2) is 43.0 Å². The second kappa shape index (κ2) is 6.86. The quantitative estimate of drug-likeness (QED) is 0.539. The molecule has 0 aliphatic heterocycles. The molecular weight excluding hydrogens is 379 g/mol. The number of hydrogen-bond acceptors (Lipinski definition) is 7. The number of aliphatic hydroxyl groups excluding tert-OH is 1. The lowest BCUT2D eigenvalue weighted by Crippen LogP contribution is -2.03. The number of aromatic hydroxyl groups is 1. The summed E-state index contributed by atoms with van der Waals surface area (Å²) in [6, 6.07) is 5.57. The summed E-state index contributed by atoms with van der Waals surface area (Å²) in [5.74, 6) is -0.592. The van der Waals surface area contributed by atoms with Crippen LogP contribution in [0, 0.1) is 5.82 Å². The second-order valence-corrected chi connectivity index (χ2v) is 5.92. The Morgan fingerprint density at radius 2 is 2.15 bits per heavy atom. The SMILES string of the molecule is OCCOc1cc(Cl)c(-c2noc(-c3cn4cccc(O)c4n3)n2)cc1F. The fraction of sp³-hybridized carbons (Fsp3) is 0.118. The van der Waals surface area contributed by atoms with Crippen LogP contribution in [0.25, 0.3) is 28.6 Å². The molecule has 8 nitrogen and oxygen atoms in total. The van der Waals surface area contributed by atoms with Gasteiger partial charge in [0.2, 0.25) is 5.82 Å². The van der Waals surface area contributed by atoms with Crippen LogP contribution in [0.2, 0.25) is 5.02 Å². The molecule has 0 saturated carbocycles. The first-order valence-electron chi connectivity index (χ1n) is 7.80. The van der Waals surface area contributed by atoms with Crippen LogP contribution in [-0.2, 0) is 0 Å². The topological polar surface area (TPSA) is 106 Å². The molecule has 0 amide bonds. The Balaban J connectivity index is 1.69. The molecule has 0 atom stereocenters. The molecule has 2 N–H and O–H groups in total. The second-order valence-electron chi connectivity index (χ2n) is 5.51. The lowest BCUT2D eigenvalue weighted by molar-refractivity contribution is 0.196. The van der Waals surface area contributed by atoms with Crippen molar-refractivity contribution in [2.45, 2.75) is 0 Å². The Hall–Kier alpha value is -3.17. The molecule has 0 fully saturated rings. The Morgan fingerprint density at radius 1 is 1.30 bits per heavy atom. The number of imidazole rings is 1. The van der Waals surface area contributed by atoms with Crippen LogP contribution >= 0.6 is 11.6 Å². The van der Waals surface area contributed by atoms with Crippen molar-refractivity contribution < 1.29 is 23.9 Å². The van der Waals surface area contributed by atoms with E-state index in [-0.39, 0.29) is 47.0 Å². The molecule has 4 rings (SSSR count). The number of halogens is 2. The molecule has 27 heavy (non-hydrogen) atoms. The van der Waals surface area contributed by atoms with E-state index in [1.807, 2.05) is 0 Å². The minimum Gasteiger partial charge on any atom is -0.504 e. The summed E-state index contributed by atoms with van der Waals surface area (Å²) in [5, 5.41) is 22.6. The van der Waals surface area contributed by atoms with Crippen LogP contribution in [0.1, 0.15) is 0 Å². The van der Waals surface area contributed by atoms with Crippen molar-refractivity contribution in [3.05, 3.63) is 47.5 Å². The molecule has 0 aliphatic carbocycles. The van der Waals surface area contributed by atoms with Crippen LogP contribution in [0.4, 0.5) is 4.39 Å². The van der Waals surface area contributed by atoms with E-state index in [1.54, 1.807) is 22.9 Å². The van der Waals surface area contributed by atoms with Crippen LogP contribution in [0.3, 0.4) is 0 Å². The molecule has 0 aliphatic rings. The third-order valence-electron chi connectivity index (χ3n) is 3.72. The molecule has 0 radical (unpaired) electrons. The highest BCUT2D eigenvalue weighted by atomic mass is 35.5. The number of benzene rings is 1. The highest BCUT2D eigenvalue weighted by Gasteiger charge is 2.19. The average molecular weight is 391 g/mol. The van der Waals surface area contributed by atoms with Crippen LogP contribution in [0.5, 0.6) is 11.5 Å². The van der Waals surface area contributed by atoms with Crippen molar-refractivity contribution >= 4 is 17.2 Å². The van der Waals surface area contributed by atoms with Gasteiger partial charge in [0.05, 0.1) is 11.6 Å². The number of aromatic nitrogens is 4. The minimum absolute atomic E-state index is 0.00655. The summed E-state index contributed by atoms with van der Waals surface area (Å²) < 4.78 is 26.0. The maximum atomic E-state index is 14.2. The highest BCUT2D eigenvalue weighted by molar-refractivity contribution is 6.33. The van der Waals surface area contributed by atoms with Gasteiger partial charge in [-0.25, -0.2) is 9.37 Å². The van der Waals surface area contributed by atoms with Crippen molar-refractivity contribution in [3.8, 4) is 34.5 Å². The highest BCUT2D eigenvalue weighted by Crippen LogP contribution is 2.33. The minimum atomic E-state index is -0.674. The van der Waals surface area contributed by atoms with E-state index >= 15 is 0 Å². The van der Waals surface area contributed by atoms with Gasteiger partial charge in [0.1, 0.15) is 12.3 Å². The number of fused-ring (bicyclic) bond motifs is 1. The molecular formula is C17H12ClFN4O4. The van der Waals surface area contributed by atoms with Gasteiger partial charge in [0.15, 0.2) is 23.0 Å². The number of ether oxygens (including phenoxy) is 1. The number of aliphatic hydroxyl groups is 1. The van der Waals surface area contributed by atoms with Gasteiger partial charge in [0, 0.05) is 24.0 Å². The molecule has 0 bridgehead atoms. The zero-order chi connectivity index (χ0) is 19.0. The normalized spacial score (nSPS) is 11.2. The Bertz CT molecular complexity index is 1130. The number of nitrogens with zero attached hydrogens (tertiary/aromatic N) is 4. The molecule has 10 heteroatoms. The zero-order valence-corrected chi connectivity index (χ0v) is 14.4. The van der Waals surface area contributed by atoms with E-state index in [0.29, 0.717) is 11.3 Å². The summed E-state index contributed by atoms with van der Waals surface area (Å²) in [7, 11) is 0. The van der Waals surface area contributed by atoms with E-state index in [0.717, 1.165) is 6.07 Å². The van der Waals surface area contributed by atoms with E-state index < -0.39 is 5.82 Å². The monoisotopic (exact) mass is 390 g/mol. The number of rotatable bonds is 5. The van der Waals surface area contributed by atoms with E-state index in [9.17, 15) is 9.50 Å². The van der Waals surface area contributed by atoms with Crippen molar-refractivity contribution in [3.63, 3.8) is 0 Å². The molecule has 3 heterocycles. The number of hydrogen-bond donors (Lipinski definition) is 2. The van der Waals surface area contributed by atoms with E-state index in [4.69, 9.17) is 26.0 Å². The van der Waals surface area contributed by atoms with E-state index in [1.165, 1.54) is 12.1 Å². The maximum Gasteiger partial charge on any atom is 0.278 e. The van der Waals surface area contributed by atoms with Gasteiger partial charge < -0.3 is 23.9 Å². The first-order valence-corrected chi connectivity index (χ1v) is 8.18. The van der Waals surface area contributed by atoms with E-state index in [2.05, 4.69) is 15.1 Å². The van der Waals surface area contributed by atoms with Crippen LogP contribution < -0.4 is 4.74 Å². The predicted molar refractivity (Wildman–Crippen MR) is 93.1 cm³/mol. The Kier molecular flexibility index (Phi) is 4.38. The maximum absolute atomic E-state index is 14.2. The summed E-state index contributed by atoms with van der Waals surface area (Å²) in [6.45, 7) is -0.304. The van der Waals surface area contributed by atoms with Gasteiger partial charge in [-0.2, -0.15) is 4.98 Å².